The number of aromatic nitrogens is 1. The Morgan fingerprint density at radius 2 is 1.92 bits per heavy atom. The molecule has 2 unspecified atom stereocenters. The number of hydrogen-bond donors (Lipinski definition) is 6. The van der Waals surface area contributed by atoms with E-state index in [2.05, 4.69) is 10.3 Å². The lowest BCUT2D eigenvalue weighted by Gasteiger charge is -2.39. The number of aromatic hydroxyl groups is 1. The molecule has 12 heteroatoms. The number of carbonyl (C=O) groups excluding carboxylic acids is 1. The van der Waals surface area contributed by atoms with Crippen LogP contribution in [0.5, 0.6) is 5.75 Å². The first-order valence-electron chi connectivity index (χ1n) is 11.8. The molecule has 37 heavy (non-hydrogen) atoms. The van der Waals surface area contributed by atoms with Crippen molar-refractivity contribution in [2.24, 2.45) is 11.8 Å². The van der Waals surface area contributed by atoms with Crippen LogP contribution < -0.4 is 10.7 Å². The fraction of sp³-hybridized carbons (Fsp3) is 0.440. The number of aliphatic hydroxyl groups excluding tert-OH is 1. The summed E-state index contributed by atoms with van der Waals surface area (Å²) in [5.74, 6) is -2.47. The molecular formula is C25H29F2N5O4S. The van der Waals surface area contributed by atoms with E-state index in [1.54, 1.807) is 14.1 Å². The van der Waals surface area contributed by atoms with E-state index in [-0.39, 0.29) is 51.3 Å². The molecule has 2 aliphatic rings. The van der Waals surface area contributed by atoms with Gasteiger partial charge in [0.1, 0.15) is 16.7 Å². The highest BCUT2D eigenvalue weighted by Crippen LogP contribution is 2.49. The van der Waals surface area contributed by atoms with Crippen molar-refractivity contribution in [1.82, 2.24) is 15.2 Å². The molecule has 6 N–H and O–H groups in total. The molecule has 1 aromatic carbocycles. The van der Waals surface area contributed by atoms with Gasteiger partial charge in [-0.2, -0.15) is 0 Å². The minimum absolute atomic E-state index is 0.0662. The van der Waals surface area contributed by atoms with Crippen LogP contribution in [0.4, 0.5) is 8.78 Å². The summed E-state index contributed by atoms with van der Waals surface area (Å²) in [6.45, 7) is 0. The molecule has 9 nitrogen and oxygen atoms in total. The maximum Gasteiger partial charge on any atom is 0.275 e. The number of benzene rings is 1. The quantitative estimate of drug-likeness (QED) is 0.191. The van der Waals surface area contributed by atoms with E-state index in [0.29, 0.717) is 43.5 Å². The molecule has 1 heterocycles. The Bertz CT molecular complexity index is 1300. The van der Waals surface area contributed by atoms with Gasteiger partial charge in [-0.15, -0.1) is 0 Å². The maximum absolute atomic E-state index is 13.9. The van der Waals surface area contributed by atoms with Gasteiger partial charge in [-0.05, 0) is 56.2 Å². The van der Waals surface area contributed by atoms with Gasteiger partial charge in [0.15, 0.2) is 11.4 Å². The number of thioether (sulfide) groups is 1. The number of carbonyl (C=O) groups is 1. The number of fused-ring (bicyclic) bond motifs is 1. The van der Waals surface area contributed by atoms with Gasteiger partial charge in [-0.1, -0.05) is 17.8 Å². The van der Waals surface area contributed by atoms with E-state index in [4.69, 9.17) is 10.8 Å². The molecule has 2 aliphatic carbocycles. The Balaban J connectivity index is 1.48. The number of aliphatic hydroxyl groups is 1. The van der Waals surface area contributed by atoms with Gasteiger partial charge in [-0.3, -0.25) is 25.7 Å². The summed E-state index contributed by atoms with van der Waals surface area (Å²) in [5, 5.41) is 39.5. The van der Waals surface area contributed by atoms with Gasteiger partial charge in [0.05, 0.1) is 22.4 Å². The first-order chi connectivity index (χ1) is 17.5. The van der Waals surface area contributed by atoms with Crippen molar-refractivity contribution in [2.75, 3.05) is 14.1 Å². The van der Waals surface area contributed by atoms with Crippen LogP contribution in [0.3, 0.4) is 0 Å². The number of H-pyrrole nitrogens is 1. The smallest absolute Gasteiger partial charge is 0.275 e. The summed E-state index contributed by atoms with van der Waals surface area (Å²) >= 11 is 0.586. The Labute approximate surface area is 216 Å². The van der Waals surface area contributed by atoms with Crippen molar-refractivity contribution in [3.63, 3.8) is 0 Å². The fourth-order valence-corrected chi connectivity index (χ4v) is 6.28. The number of hydrogen-bond acceptors (Lipinski definition) is 8. The minimum atomic E-state index is -0.946. The number of aromatic amines is 1. The Hall–Kier alpha value is -3.09. The van der Waals surface area contributed by atoms with Crippen molar-refractivity contribution < 1.29 is 23.8 Å². The molecule has 2 aromatic rings. The molecule has 0 radical (unpaired) electrons. The molecular weight excluding hydrogens is 504 g/mol. The van der Waals surface area contributed by atoms with Gasteiger partial charge in [0.2, 0.25) is 5.43 Å². The highest BCUT2D eigenvalue weighted by Gasteiger charge is 2.52. The molecule has 0 spiro atoms. The monoisotopic (exact) mass is 533 g/mol. The van der Waals surface area contributed by atoms with E-state index in [0.717, 1.165) is 12.3 Å². The Morgan fingerprint density at radius 3 is 2.51 bits per heavy atom. The summed E-state index contributed by atoms with van der Waals surface area (Å²) in [6, 6.07) is 2.97. The standard InChI is InChI=1S/C25H29F2N5O4S/c1-30-25(9-13-5-16(33)6-14(13)10-25)32(2)24(36)20-22(35)21(34)17(11-31-20)23(29)37-19(28)7-12-3-4-15(26)8-18(12)27/h3-4,8,11,13-14,16,28-30,33,35H,5-7,9-10H2,1-2H3,(H,31,34). The summed E-state index contributed by atoms with van der Waals surface area (Å²) in [5.41, 5.74) is -2.14. The molecule has 198 valence electrons. The summed E-state index contributed by atoms with van der Waals surface area (Å²) in [6.07, 6.45) is 3.21. The number of amides is 1. The third-order valence-corrected chi connectivity index (χ3v) is 8.35. The average molecular weight is 534 g/mol. The van der Waals surface area contributed by atoms with Crippen LogP contribution in [0, 0.1) is 34.3 Å². The number of halogens is 2. The third-order valence-electron chi connectivity index (χ3n) is 7.54. The van der Waals surface area contributed by atoms with Crippen molar-refractivity contribution in [2.45, 2.75) is 43.9 Å². The van der Waals surface area contributed by atoms with Crippen LogP contribution in [0.25, 0.3) is 0 Å². The SMILES string of the molecule is CNC1(N(C)C(=O)c2[nH]cc(C(=N)SC(=N)Cc3ccc(F)cc3F)c(=O)c2O)CC2CC(O)CC2C1. The lowest BCUT2D eigenvalue weighted by molar-refractivity contribution is 0.0441. The maximum atomic E-state index is 13.9. The van der Waals surface area contributed by atoms with Crippen LogP contribution >= 0.6 is 11.8 Å². The normalized spacial score (nSPS) is 24.6. The van der Waals surface area contributed by atoms with Crippen LogP contribution in [-0.4, -0.2) is 62.0 Å². The second-order valence-corrected chi connectivity index (χ2v) is 10.8. The predicted molar refractivity (Wildman–Crippen MR) is 136 cm³/mol. The van der Waals surface area contributed by atoms with Crippen LogP contribution in [0.1, 0.15) is 47.3 Å². The van der Waals surface area contributed by atoms with Crippen LogP contribution in [0.2, 0.25) is 0 Å². The van der Waals surface area contributed by atoms with Crippen LogP contribution in [-0.2, 0) is 6.42 Å². The van der Waals surface area contributed by atoms with E-state index in [1.807, 2.05) is 0 Å². The van der Waals surface area contributed by atoms with E-state index >= 15 is 0 Å². The van der Waals surface area contributed by atoms with Gasteiger partial charge in [-0.25, -0.2) is 8.78 Å². The molecule has 1 amide bonds. The third kappa shape index (κ3) is 5.18. The molecule has 0 aliphatic heterocycles. The fourth-order valence-electron chi connectivity index (χ4n) is 5.54. The number of nitrogens with one attached hydrogen (secondary N) is 4. The Morgan fingerprint density at radius 1 is 1.27 bits per heavy atom. The van der Waals surface area contributed by atoms with Gasteiger partial charge >= 0.3 is 0 Å². The van der Waals surface area contributed by atoms with E-state index in [9.17, 15) is 28.6 Å². The second-order valence-electron chi connectivity index (χ2n) is 9.72. The topological polar surface area (TPSA) is 153 Å². The van der Waals surface area contributed by atoms with Crippen LogP contribution in [0.15, 0.2) is 29.2 Å². The van der Waals surface area contributed by atoms with Crippen molar-refractivity contribution in [3.8, 4) is 5.75 Å². The number of nitrogens with zero attached hydrogens (tertiary/aromatic N) is 1. The molecule has 0 bridgehead atoms. The van der Waals surface area contributed by atoms with Crippen molar-refractivity contribution >= 4 is 27.8 Å². The van der Waals surface area contributed by atoms with E-state index in [1.165, 1.54) is 11.0 Å². The minimum Gasteiger partial charge on any atom is -0.503 e. The predicted octanol–water partition coefficient (Wildman–Crippen LogP) is 2.81. The average Bonchev–Trinajstić information content (AvgIpc) is 3.36. The lowest BCUT2D eigenvalue weighted by Crippen LogP contribution is -2.57. The molecule has 2 atom stereocenters. The van der Waals surface area contributed by atoms with Gasteiger partial charge in [0.25, 0.3) is 5.91 Å². The lowest BCUT2D eigenvalue weighted by atomic mass is 10.0. The Kier molecular flexibility index (Phi) is 7.54. The second kappa shape index (κ2) is 10.3. The first kappa shape index (κ1) is 27.0. The summed E-state index contributed by atoms with van der Waals surface area (Å²) in [4.78, 5) is 30.3. The highest BCUT2D eigenvalue weighted by molar-refractivity contribution is 8.26. The molecule has 0 saturated heterocycles. The van der Waals surface area contributed by atoms with Crippen molar-refractivity contribution in [1.29, 1.82) is 10.8 Å². The highest BCUT2D eigenvalue weighted by atomic mass is 32.2. The van der Waals surface area contributed by atoms with Gasteiger partial charge < -0.3 is 20.1 Å². The zero-order valence-electron chi connectivity index (χ0n) is 20.4. The zero-order valence-corrected chi connectivity index (χ0v) is 21.2. The molecule has 4 rings (SSSR count). The summed E-state index contributed by atoms with van der Waals surface area (Å²) < 4.78 is 27.0. The first-order valence-corrected chi connectivity index (χ1v) is 12.6. The van der Waals surface area contributed by atoms with Crippen molar-refractivity contribution in [3.05, 3.63) is 63.1 Å². The number of rotatable bonds is 6. The largest absolute Gasteiger partial charge is 0.503 e. The molecule has 2 saturated carbocycles. The van der Waals surface area contributed by atoms with E-state index < -0.39 is 34.4 Å². The van der Waals surface area contributed by atoms with Gasteiger partial charge in [0, 0.05) is 25.7 Å². The number of pyridine rings is 1. The molecule has 1 aromatic heterocycles. The zero-order chi connectivity index (χ0) is 27.1. The summed E-state index contributed by atoms with van der Waals surface area (Å²) in [7, 11) is 3.34. The molecule has 2 fully saturated rings.